The average Bonchev–Trinajstić information content (AvgIpc) is 2.48. The van der Waals surface area contributed by atoms with E-state index in [-0.39, 0.29) is 23.8 Å². The number of rotatable bonds is 9. The van der Waals surface area contributed by atoms with Crippen molar-refractivity contribution in [3.8, 4) is 0 Å². The standard InChI is InChI=1S/C18H27BrN2O2/c1-4-10-18(3,11-5-2)12-16(22)13-20-17(23)21-15-8-6-14(19)7-9-15/h6-9H,4-5,10-13H2,1-3H3,(H2,20,21,23). The SMILES string of the molecule is CCCC(C)(CCC)CC(=O)CNC(=O)Nc1ccc(Br)cc1. The highest BCUT2D eigenvalue weighted by molar-refractivity contribution is 9.10. The highest BCUT2D eigenvalue weighted by Gasteiger charge is 2.25. The van der Waals surface area contributed by atoms with Crippen molar-refractivity contribution in [3.63, 3.8) is 0 Å². The van der Waals surface area contributed by atoms with Gasteiger partial charge in [-0.3, -0.25) is 4.79 Å². The number of carbonyl (C=O) groups excluding carboxylic acids is 2. The maximum atomic E-state index is 12.2. The number of Topliss-reactive ketones (excluding diaryl/α,β-unsaturated/α-hetero) is 1. The Bertz CT molecular complexity index is 508. The van der Waals surface area contributed by atoms with Crippen molar-refractivity contribution in [3.05, 3.63) is 28.7 Å². The van der Waals surface area contributed by atoms with Crippen LogP contribution in [0.2, 0.25) is 0 Å². The van der Waals surface area contributed by atoms with E-state index in [1.165, 1.54) is 0 Å². The number of hydrogen-bond acceptors (Lipinski definition) is 2. The van der Waals surface area contributed by atoms with Crippen molar-refractivity contribution in [1.82, 2.24) is 5.32 Å². The van der Waals surface area contributed by atoms with Gasteiger partial charge >= 0.3 is 6.03 Å². The van der Waals surface area contributed by atoms with E-state index in [1.54, 1.807) is 12.1 Å². The van der Waals surface area contributed by atoms with Crippen molar-refractivity contribution in [1.29, 1.82) is 0 Å². The predicted molar refractivity (Wildman–Crippen MR) is 98.7 cm³/mol. The molecule has 1 aromatic rings. The molecule has 128 valence electrons. The lowest BCUT2D eigenvalue weighted by molar-refractivity contribution is -0.120. The average molecular weight is 383 g/mol. The Morgan fingerprint density at radius 3 is 2.17 bits per heavy atom. The lowest BCUT2D eigenvalue weighted by Gasteiger charge is -2.28. The Morgan fingerprint density at radius 2 is 1.65 bits per heavy atom. The van der Waals surface area contributed by atoms with Gasteiger partial charge in [0.25, 0.3) is 0 Å². The molecule has 2 N–H and O–H groups in total. The number of anilines is 1. The van der Waals surface area contributed by atoms with Crippen molar-refractivity contribution in [2.45, 2.75) is 52.9 Å². The largest absolute Gasteiger partial charge is 0.331 e. The van der Waals surface area contributed by atoms with E-state index in [0.717, 1.165) is 30.2 Å². The fraction of sp³-hybridized carbons (Fsp3) is 0.556. The minimum atomic E-state index is -0.353. The number of ketones is 1. The summed E-state index contributed by atoms with van der Waals surface area (Å²) in [6, 6.07) is 6.94. The van der Waals surface area contributed by atoms with Crippen LogP contribution in [0.3, 0.4) is 0 Å². The zero-order chi connectivity index (χ0) is 17.3. The van der Waals surface area contributed by atoms with E-state index in [4.69, 9.17) is 0 Å². The third-order valence-electron chi connectivity index (χ3n) is 3.88. The highest BCUT2D eigenvalue weighted by atomic mass is 79.9. The molecule has 0 radical (unpaired) electrons. The summed E-state index contributed by atoms with van der Waals surface area (Å²) >= 11 is 3.34. The minimum Gasteiger partial charge on any atom is -0.331 e. The first-order valence-electron chi connectivity index (χ1n) is 8.20. The number of amides is 2. The molecule has 0 spiro atoms. The first kappa shape index (κ1) is 19.7. The molecule has 0 saturated heterocycles. The number of urea groups is 1. The van der Waals surface area contributed by atoms with Gasteiger partial charge in [0.1, 0.15) is 0 Å². The zero-order valence-corrected chi connectivity index (χ0v) is 15.8. The molecule has 1 rings (SSSR count). The van der Waals surface area contributed by atoms with Gasteiger partial charge in [-0.05, 0) is 42.5 Å². The second kappa shape index (κ2) is 9.71. The van der Waals surface area contributed by atoms with E-state index in [2.05, 4.69) is 47.3 Å². The Labute approximate surface area is 147 Å². The fourth-order valence-electron chi connectivity index (χ4n) is 2.93. The summed E-state index contributed by atoms with van der Waals surface area (Å²) in [5.74, 6) is 0.0837. The van der Waals surface area contributed by atoms with Crippen LogP contribution < -0.4 is 10.6 Å². The summed E-state index contributed by atoms with van der Waals surface area (Å²) < 4.78 is 0.949. The van der Waals surface area contributed by atoms with E-state index in [9.17, 15) is 9.59 Å². The van der Waals surface area contributed by atoms with Crippen LogP contribution in [0.5, 0.6) is 0 Å². The van der Waals surface area contributed by atoms with Crippen LogP contribution in [-0.2, 0) is 4.79 Å². The summed E-state index contributed by atoms with van der Waals surface area (Å²) in [6.07, 6.45) is 4.74. The number of halogens is 1. The third-order valence-corrected chi connectivity index (χ3v) is 4.41. The van der Waals surface area contributed by atoms with Crippen LogP contribution >= 0.6 is 15.9 Å². The molecule has 0 heterocycles. The third kappa shape index (κ3) is 7.64. The van der Waals surface area contributed by atoms with E-state index in [1.807, 2.05) is 12.1 Å². The van der Waals surface area contributed by atoms with Gasteiger partial charge in [-0.15, -0.1) is 0 Å². The molecule has 0 aliphatic rings. The van der Waals surface area contributed by atoms with E-state index < -0.39 is 0 Å². The van der Waals surface area contributed by atoms with Crippen molar-refractivity contribution < 1.29 is 9.59 Å². The Hall–Kier alpha value is -1.36. The lowest BCUT2D eigenvalue weighted by Crippen LogP contribution is -2.35. The Morgan fingerprint density at radius 1 is 1.09 bits per heavy atom. The maximum absolute atomic E-state index is 12.2. The van der Waals surface area contributed by atoms with Crippen molar-refractivity contribution >= 4 is 33.4 Å². The van der Waals surface area contributed by atoms with Crippen LogP contribution in [0.15, 0.2) is 28.7 Å². The lowest BCUT2D eigenvalue weighted by atomic mass is 9.77. The normalized spacial score (nSPS) is 11.1. The summed E-state index contributed by atoms with van der Waals surface area (Å²) in [5.41, 5.74) is 0.740. The van der Waals surface area contributed by atoms with Gasteiger partial charge in [0.2, 0.25) is 0 Å². The summed E-state index contributed by atoms with van der Waals surface area (Å²) in [6.45, 7) is 6.52. The van der Waals surface area contributed by atoms with E-state index >= 15 is 0 Å². The fourth-order valence-corrected chi connectivity index (χ4v) is 3.20. The Kier molecular flexibility index (Phi) is 8.31. The quantitative estimate of drug-likeness (QED) is 0.621. The van der Waals surface area contributed by atoms with E-state index in [0.29, 0.717) is 12.1 Å². The van der Waals surface area contributed by atoms with Gasteiger partial charge in [-0.1, -0.05) is 49.5 Å². The summed E-state index contributed by atoms with van der Waals surface area (Å²) in [4.78, 5) is 24.0. The number of carbonyl (C=O) groups is 2. The van der Waals surface area contributed by atoms with Gasteiger partial charge in [0.05, 0.1) is 6.54 Å². The second-order valence-electron chi connectivity index (χ2n) is 6.34. The maximum Gasteiger partial charge on any atom is 0.319 e. The van der Waals surface area contributed by atoms with Crippen LogP contribution in [0, 0.1) is 5.41 Å². The molecule has 0 fully saturated rings. The first-order chi connectivity index (χ1) is 10.9. The molecule has 0 saturated carbocycles. The molecular weight excluding hydrogens is 356 g/mol. The molecule has 0 unspecified atom stereocenters. The number of hydrogen-bond donors (Lipinski definition) is 2. The molecule has 4 nitrogen and oxygen atoms in total. The smallest absolute Gasteiger partial charge is 0.319 e. The highest BCUT2D eigenvalue weighted by Crippen LogP contribution is 2.33. The van der Waals surface area contributed by atoms with Gasteiger partial charge in [-0.2, -0.15) is 0 Å². The first-order valence-corrected chi connectivity index (χ1v) is 9.00. The predicted octanol–water partition coefficient (Wildman–Crippen LogP) is 5.14. The van der Waals surface area contributed by atoms with Gasteiger partial charge < -0.3 is 10.6 Å². The minimum absolute atomic E-state index is 0.0461. The van der Waals surface area contributed by atoms with Crippen LogP contribution in [0.1, 0.15) is 52.9 Å². The number of nitrogens with one attached hydrogen (secondary N) is 2. The monoisotopic (exact) mass is 382 g/mol. The zero-order valence-electron chi connectivity index (χ0n) is 14.2. The van der Waals surface area contributed by atoms with Crippen molar-refractivity contribution in [2.75, 3.05) is 11.9 Å². The summed E-state index contributed by atoms with van der Waals surface area (Å²) in [5, 5.41) is 5.36. The topological polar surface area (TPSA) is 58.2 Å². The molecule has 23 heavy (non-hydrogen) atoms. The van der Waals surface area contributed by atoms with Gasteiger partial charge in [-0.25, -0.2) is 4.79 Å². The molecule has 1 aromatic carbocycles. The molecule has 0 aromatic heterocycles. The number of benzene rings is 1. The molecule has 0 atom stereocenters. The Balaban J connectivity index is 2.42. The van der Waals surface area contributed by atoms with Crippen molar-refractivity contribution in [2.24, 2.45) is 5.41 Å². The van der Waals surface area contributed by atoms with Gasteiger partial charge in [0.15, 0.2) is 5.78 Å². The second-order valence-corrected chi connectivity index (χ2v) is 7.26. The van der Waals surface area contributed by atoms with Crippen LogP contribution in [0.4, 0.5) is 10.5 Å². The molecule has 0 bridgehead atoms. The molecule has 2 amide bonds. The molecule has 0 aliphatic heterocycles. The molecule has 5 heteroatoms. The molecule has 0 aliphatic carbocycles. The molecular formula is C18H27BrN2O2. The van der Waals surface area contributed by atoms with Crippen LogP contribution in [-0.4, -0.2) is 18.4 Å². The van der Waals surface area contributed by atoms with Gasteiger partial charge in [0, 0.05) is 16.6 Å². The van der Waals surface area contributed by atoms with Crippen LogP contribution in [0.25, 0.3) is 0 Å². The summed E-state index contributed by atoms with van der Waals surface area (Å²) in [7, 11) is 0.